The quantitative estimate of drug-likeness (QED) is 0.930. The molecule has 2 heterocycles. The second-order valence-corrected chi connectivity index (χ2v) is 6.73. The molecule has 1 saturated carbocycles. The Labute approximate surface area is 144 Å². The molecule has 2 unspecified atom stereocenters. The molecule has 1 aliphatic heterocycles. The Hall–Kier alpha value is -2.50. The van der Waals surface area contributed by atoms with Gasteiger partial charge in [0.05, 0.1) is 11.3 Å². The first-order valence-electron chi connectivity index (χ1n) is 8.41. The first-order chi connectivity index (χ1) is 12.1. The lowest BCUT2D eigenvalue weighted by atomic mass is 9.87. The molecule has 1 N–H and O–H groups in total. The minimum Gasteiger partial charge on any atom is -0.334 e. The Morgan fingerprint density at radius 3 is 2.72 bits per heavy atom. The molecule has 1 aromatic heterocycles. The van der Waals surface area contributed by atoms with Gasteiger partial charge in [-0.2, -0.15) is 0 Å². The summed E-state index contributed by atoms with van der Waals surface area (Å²) in [7, 11) is 0. The van der Waals surface area contributed by atoms with E-state index in [9.17, 15) is 13.6 Å². The highest BCUT2D eigenvalue weighted by Crippen LogP contribution is 2.70. The van der Waals surface area contributed by atoms with Crippen LogP contribution in [-0.2, 0) is 12.0 Å². The summed E-state index contributed by atoms with van der Waals surface area (Å²) in [6.07, 6.45) is 3.62. The number of hydrogen-bond donors (Lipinski definition) is 1. The number of fused-ring (bicyclic) bond motifs is 1. The average molecular weight is 343 g/mol. The summed E-state index contributed by atoms with van der Waals surface area (Å²) in [5.74, 6) is -3.56. The molecule has 1 aliphatic carbocycles. The van der Waals surface area contributed by atoms with E-state index >= 15 is 0 Å². The molecule has 2 aromatic rings. The zero-order valence-corrected chi connectivity index (χ0v) is 13.7. The molecule has 25 heavy (non-hydrogen) atoms. The Kier molecular flexibility index (Phi) is 3.71. The van der Waals surface area contributed by atoms with E-state index in [1.54, 1.807) is 42.7 Å². The van der Waals surface area contributed by atoms with Gasteiger partial charge in [-0.1, -0.05) is 36.4 Å². The first-order valence-corrected chi connectivity index (χ1v) is 8.41. The fourth-order valence-electron chi connectivity index (χ4n) is 4.02. The van der Waals surface area contributed by atoms with Gasteiger partial charge >= 0.3 is 6.03 Å². The van der Waals surface area contributed by atoms with Crippen LogP contribution in [0.25, 0.3) is 0 Å². The number of pyridine rings is 1. The molecule has 4 rings (SSSR count). The second kappa shape index (κ2) is 5.79. The third-order valence-electron chi connectivity index (χ3n) is 5.47. The number of alkyl halides is 2. The van der Waals surface area contributed by atoms with Crippen molar-refractivity contribution in [2.75, 3.05) is 13.1 Å². The molecular formula is C19H19F2N3O. The molecule has 2 aliphatic rings. The van der Waals surface area contributed by atoms with Crippen LogP contribution in [0.15, 0.2) is 54.9 Å². The fourth-order valence-corrected chi connectivity index (χ4v) is 4.02. The minimum absolute atomic E-state index is 0.0841. The molecule has 0 radical (unpaired) electrons. The zero-order valence-electron chi connectivity index (χ0n) is 13.7. The van der Waals surface area contributed by atoms with Gasteiger partial charge in [-0.05, 0) is 23.6 Å². The molecule has 0 bridgehead atoms. The van der Waals surface area contributed by atoms with Crippen LogP contribution >= 0.6 is 0 Å². The highest BCUT2D eigenvalue weighted by Gasteiger charge is 2.81. The number of hydrogen-bond acceptors (Lipinski definition) is 2. The van der Waals surface area contributed by atoms with Crippen LogP contribution in [0.4, 0.5) is 13.6 Å². The summed E-state index contributed by atoms with van der Waals surface area (Å²) < 4.78 is 29.1. The van der Waals surface area contributed by atoms with Crippen LogP contribution in [0.2, 0.25) is 0 Å². The summed E-state index contributed by atoms with van der Waals surface area (Å²) in [4.78, 5) is 17.8. The van der Waals surface area contributed by atoms with Gasteiger partial charge in [0.1, 0.15) is 0 Å². The van der Waals surface area contributed by atoms with E-state index in [-0.39, 0.29) is 19.0 Å². The first kappa shape index (κ1) is 16.0. The van der Waals surface area contributed by atoms with Gasteiger partial charge in [-0.25, -0.2) is 13.6 Å². The lowest BCUT2D eigenvalue weighted by molar-refractivity contribution is 0.0776. The number of urea groups is 1. The van der Waals surface area contributed by atoms with Crippen LogP contribution in [0.5, 0.6) is 0 Å². The lowest BCUT2D eigenvalue weighted by Gasteiger charge is -2.30. The zero-order chi connectivity index (χ0) is 17.5. The van der Waals surface area contributed by atoms with E-state index in [0.717, 1.165) is 5.56 Å². The van der Waals surface area contributed by atoms with E-state index in [1.165, 1.54) is 4.90 Å². The van der Waals surface area contributed by atoms with Crippen molar-refractivity contribution in [2.45, 2.75) is 24.3 Å². The van der Waals surface area contributed by atoms with Crippen molar-refractivity contribution in [2.24, 2.45) is 5.92 Å². The van der Waals surface area contributed by atoms with Gasteiger partial charge in [-0.3, -0.25) is 4.98 Å². The Bertz CT molecular complexity index is 769. The predicted molar refractivity (Wildman–Crippen MR) is 89.2 cm³/mol. The molecular weight excluding hydrogens is 324 g/mol. The van der Waals surface area contributed by atoms with Crippen LogP contribution in [-0.4, -0.2) is 34.9 Å². The van der Waals surface area contributed by atoms with Crippen LogP contribution in [0.3, 0.4) is 0 Å². The molecule has 130 valence electrons. The lowest BCUT2D eigenvalue weighted by Crippen LogP contribution is -2.45. The number of nitrogens with zero attached hydrogens (tertiary/aromatic N) is 2. The maximum atomic E-state index is 14.6. The van der Waals surface area contributed by atoms with Crippen molar-refractivity contribution in [3.8, 4) is 0 Å². The highest BCUT2D eigenvalue weighted by molar-refractivity contribution is 5.74. The molecule has 1 saturated heterocycles. The van der Waals surface area contributed by atoms with Gasteiger partial charge in [-0.15, -0.1) is 0 Å². The largest absolute Gasteiger partial charge is 0.334 e. The standard InChI is InChI=1S/C19H19F2N3O/c20-19(21)16-13-24(17(25)23-12-14-5-4-9-22-11-14)10-8-18(16,19)15-6-2-1-3-7-15/h1-7,9,11,16H,8,10,12-13H2,(H,23,25). The molecule has 6 heteroatoms. The van der Waals surface area contributed by atoms with Crippen LogP contribution in [0.1, 0.15) is 17.5 Å². The van der Waals surface area contributed by atoms with Crippen molar-refractivity contribution in [3.63, 3.8) is 0 Å². The van der Waals surface area contributed by atoms with Crippen molar-refractivity contribution in [1.82, 2.24) is 15.2 Å². The summed E-state index contributed by atoms with van der Waals surface area (Å²) in [6.45, 7) is 0.759. The molecule has 2 atom stereocenters. The maximum Gasteiger partial charge on any atom is 0.317 e. The number of rotatable bonds is 3. The fraction of sp³-hybridized carbons (Fsp3) is 0.368. The number of halogens is 2. The van der Waals surface area contributed by atoms with Gasteiger partial charge in [0, 0.05) is 32.0 Å². The van der Waals surface area contributed by atoms with Gasteiger partial charge in [0.2, 0.25) is 0 Å². The topological polar surface area (TPSA) is 45.2 Å². The van der Waals surface area contributed by atoms with Gasteiger partial charge < -0.3 is 10.2 Å². The SMILES string of the molecule is O=C(NCc1cccnc1)N1CCC2(c3ccccc3)C(C1)C2(F)F. The van der Waals surface area contributed by atoms with E-state index in [4.69, 9.17) is 0 Å². The van der Waals surface area contributed by atoms with Crippen molar-refractivity contribution >= 4 is 6.03 Å². The summed E-state index contributed by atoms with van der Waals surface area (Å²) in [5.41, 5.74) is 0.456. The van der Waals surface area contributed by atoms with Crippen molar-refractivity contribution in [3.05, 3.63) is 66.0 Å². The van der Waals surface area contributed by atoms with Crippen molar-refractivity contribution < 1.29 is 13.6 Å². The number of nitrogens with one attached hydrogen (secondary N) is 1. The number of piperidine rings is 1. The number of benzene rings is 1. The number of amides is 2. The van der Waals surface area contributed by atoms with Gasteiger partial charge in [0.15, 0.2) is 0 Å². The Balaban J connectivity index is 1.43. The third-order valence-corrected chi connectivity index (χ3v) is 5.47. The van der Waals surface area contributed by atoms with E-state index < -0.39 is 17.3 Å². The molecule has 0 spiro atoms. The smallest absolute Gasteiger partial charge is 0.317 e. The van der Waals surface area contributed by atoms with Crippen LogP contribution < -0.4 is 5.32 Å². The maximum absolute atomic E-state index is 14.6. The summed E-state index contributed by atoms with van der Waals surface area (Å²) in [5, 5.41) is 2.79. The highest BCUT2D eigenvalue weighted by atomic mass is 19.3. The van der Waals surface area contributed by atoms with Crippen LogP contribution in [0, 0.1) is 5.92 Å². The Morgan fingerprint density at radius 1 is 1.24 bits per heavy atom. The predicted octanol–water partition coefficient (Wildman–Crippen LogP) is 3.20. The monoisotopic (exact) mass is 343 g/mol. The normalized spacial score (nSPS) is 26.6. The summed E-state index contributed by atoms with van der Waals surface area (Å²) in [6, 6.07) is 12.3. The molecule has 4 nitrogen and oxygen atoms in total. The van der Waals surface area contributed by atoms with Crippen molar-refractivity contribution in [1.29, 1.82) is 0 Å². The number of likely N-dealkylation sites (tertiary alicyclic amines) is 1. The van der Waals surface area contributed by atoms with E-state index in [0.29, 0.717) is 18.7 Å². The molecule has 2 fully saturated rings. The van der Waals surface area contributed by atoms with Gasteiger partial charge in [0.25, 0.3) is 5.92 Å². The van der Waals surface area contributed by atoms with E-state index in [1.807, 2.05) is 12.1 Å². The third kappa shape index (κ3) is 2.47. The number of aromatic nitrogens is 1. The Morgan fingerprint density at radius 2 is 2.04 bits per heavy atom. The molecule has 1 aromatic carbocycles. The number of carbonyl (C=O) groups is 1. The second-order valence-electron chi connectivity index (χ2n) is 6.73. The molecule has 2 amide bonds. The summed E-state index contributed by atoms with van der Waals surface area (Å²) >= 11 is 0. The minimum atomic E-state index is -2.76. The number of carbonyl (C=O) groups excluding carboxylic acids is 1. The van der Waals surface area contributed by atoms with E-state index in [2.05, 4.69) is 10.3 Å². The average Bonchev–Trinajstić information content (AvgIpc) is 3.17.